The van der Waals surface area contributed by atoms with Crippen molar-refractivity contribution in [2.75, 3.05) is 31.1 Å². The second kappa shape index (κ2) is 29.7. The van der Waals surface area contributed by atoms with Gasteiger partial charge in [-0.2, -0.15) is 25.3 Å². The molecule has 0 saturated carbocycles. The Balaban J connectivity index is 3.36. The van der Waals surface area contributed by atoms with Crippen LogP contribution in [-0.4, -0.2) is 155 Å². The summed E-state index contributed by atoms with van der Waals surface area (Å²) in [7, 11) is 0. The Kier molecular flexibility index (Phi) is 26.7. The Bertz CT molecular complexity index is 1660. The molecule has 0 aromatic carbocycles. The van der Waals surface area contributed by atoms with Gasteiger partial charge >= 0.3 is 0 Å². The molecule has 1 aliphatic heterocycles. The van der Waals surface area contributed by atoms with E-state index in [1.165, 1.54) is 11.8 Å². The van der Waals surface area contributed by atoms with E-state index < -0.39 is 126 Å². The largest absolute Gasteiger partial charge is 0.391 e. The van der Waals surface area contributed by atoms with Gasteiger partial charge in [-0.05, 0) is 63.8 Å². The quantitative estimate of drug-likeness (QED) is 0.0239. The van der Waals surface area contributed by atoms with Crippen LogP contribution in [0.5, 0.6) is 0 Å². The van der Waals surface area contributed by atoms with Gasteiger partial charge < -0.3 is 70.2 Å². The molecule has 1 rings (SSSR count). The summed E-state index contributed by atoms with van der Waals surface area (Å²) in [4.78, 5) is 133. The summed E-state index contributed by atoms with van der Waals surface area (Å²) in [6.07, 6.45) is 0.226. The minimum absolute atomic E-state index is 0.0250. The molecule has 1 fully saturated rings. The van der Waals surface area contributed by atoms with Crippen molar-refractivity contribution >= 4 is 84.3 Å². The number of aliphatic hydroxyl groups is 1. The second-order valence-corrected chi connectivity index (χ2v) is 17.0. The number of unbranched alkanes of at least 4 members (excludes halogenated alkanes) is 1. The minimum atomic E-state index is -1.52. The average Bonchev–Trinajstić information content (AvgIpc) is 3.77. The van der Waals surface area contributed by atoms with E-state index in [1.54, 1.807) is 20.8 Å². The maximum absolute atomic E-state index is 14.0. The number of nitrogens with zero attached hydrogens (tertiary/aromatic N) is 1. The fourth-order valence-corrected chi connectivity index (χ4v) is 7.15. The van der Waals surface area contributed by atoms with E-state index in [2.05, 4.69) is 62.5 Å². The van der Waals surface area contributed by atoms with E-state index in [1.807, 2.05) is 6.92 Å². The van der Waals surface area contributed by atoms with Crippen molar-refractivity contribution in [1.29, 1.82) is 0 Å². The van der Waals surface area contributed by atoms with E-state index in [0.717, 1.165) is 0 Å². The lowest BCUT2D eigenvalue weighted by Gasteiger charge is -2.31. The van der Waals surface area contributed by atoms with E-state index >= 15 is 0 Å². The van der Waals surface area contributed by atoms with Crippen LogP contribution in [-0.2, 0) is 47.9 Å². The molecule has 0 spiro atoms. The van der Waals surface area contributed by atoms with Gasteiger partial charge in [-0.15, -0.1) is 0 Å². The highest BCUT2D eigenvalue weighted by atomic mass is 32.1. The van der Waals surface area contributed by atoms with Gasteiger partial charge in [-0.25, -0.2) is 0 Å². The number of thiol groups is 2. The molecule has 0 unspecified atom stereocenters. The predicted octanol–water partition coefficient (Wildman–Crippen LogP) is -4.46. The molecular formula is C40H72N12O11S2. The fourth-order valence-electron chi connectivity index (χ4n) is 6.74. The molecule has 0 aliphatic carbocycles. The lowest BCUT2D eigenvalue weighted by Crippen LogP contribution is -2.62. The second-order valence-electron chi connectivity index (χ2n) is 16.3. The molecule has 25 heteroatoms. The zero-order valence-corrected chi connectivity index (χ0v) is 39.7. The summed E-state index contributed by atoms with van der Waals surface area (Å²) < 4.78 is 0. The molecule has 16 N–H and O–H groups in total. The summed E-state index contributed by atoms with van der Waals surface area (Å²) in [6.45, 7) is 8.15. The van der Waals surface area contributed by atoms with Gasteiger partial charge in [-0.3, -0.25) is 47.9 Å². The van der Waals surface area contributed by atoms with Crippen LogP contribution in [0.3, 0.4) is 0 Å². The predicted molar refractivity (Wildman–Crippen MR) is 246 cm³/mol. The molecule has 11 atom stereocenters. The maximum Gasteiger partial charge on any atom is 0.246 e. The van der Waals surface area contributed by atoms with Crippen LogP contribution in [0.1, 0.15) is 92.4 Å². The van der Waals surface area contributed by atoms with Gasteiger partial charge in [0, 0.05) is 24.5 Å². The van der Waals surface area contributed by atoms with Crippen molar-refractivity contribution in [3.05, 3.63) is 0 Å². The van der Waals surface area contributed by atoms with Crippen molar-refractivity contribution in [3.63, 3.8) is 0 Å². The number of nitrogens with two attached hydrogens (primary N) is 4. The molecule has 1 aliphatic rings. The minimum Gasteiger partial charge on any atom is -0.391 e. The number of carbonyl (C=O) groups is 10. The Morgan fingerprint density at radius 2 is 1.18 bits per heavy atom. The molecule has 1 heterocycles. The number of primary amides is 2. The smallest absolute Gasteiger partial charge is 0.246 e. The summed E-state index contributed by atoms with van der Waals surface area (Å²) in [5, 5.41) is 28.1. The Hall–Kier alpha value is -4.72. The highest BCUT2D eigenvalue weighted by Crippen LogP contribution is 2.21. The van der Waals surface area contributed by atoms with Crippen LogP contribution >= 0.6 is 25.3 Å². The van der Waals surface area contributed by atoms with Gasteiger partial charge in [0.25, 0.3) is 0 Å². The highest BCUT2D eigenvalue weighted by Gasteiger charge is 2.40. The lowest BCUT2D eigenvalue weighted by atomic mass is 9.96. The van der Waals surface area contributed by atoms with E-state index in [4.69, 9.17) is 22.9 Å². The number of likely N-dealkylation sites (tertiary alicyclic amines) is 1. The van der Waals surface area contributed by atoms with Crippen molar-refractivity contribution in [1.82, 2.24) is 42.1 Å². The van der Waals surface area contributed by atoms with E-state index in [9.17, 15) is 53.1 Å². The Morgan fingerprint density at radius 1 is 0.662 bits per heavy atom. The van der Waals surface area contributed by atoms with Gasteiger partial charge in [0.1, 0.15) is 42.3 Å². The zero-order chi connectivity index (χ0) is 49.6. The molecule has 0 radical (unpaired) electrons. The Morgan fingerprint density at radius 3 is 1.69 bits per heavy atom. The summed E-state index contributed by atoms with van der Waals surface area (Å²) in [6, 6.07) is -10.1. The molecule has 370 valence electrons. The molecule has 0 aromatic rings. The van der Waals surface area contributed by atoms with Crippen LogP contribution in [0.4, 0.5) is 0 Å². The van der Waals surface area contributed by atoms with Crippen LogP contribution < -0.4 is 60.2 Å². The Labute approximate surface area is 391 Å². The fraction of sp³-hybridized carbons (Fsp3) is 0.750. The van der Waals surface area contributed by atoms with Gasteiger partial charge in [0.2, 0.25) is 59.1 Å². The lowest BCUT2D eigenvalue weighted by molar-refractivity contribution is -0.142. The first kappa shape index (κ1) is 58.3. The standard InChI is InChI=1S/C40H72N12O11S2/c1-6-20(3)30(37(60)45-17-29(44)55)49-36(59)27-12-10-16-52(27)40(63)26(19-65)48-34(57)24(11-8-9-15-41)46-35(58)25(13-14-28(43)54)47-38(61)31(21(4)7-2)50-39(62)32(22(5)53)51-33(56)23(42)18-64/h20-27,30-32,53,64-65H,6-19,41-42H2,1-5H3,(H2,43,54)(H2,44,55)(H,45,60)(H,46,58)(H,47,61)(H,48,57)(H,49,59)(H,50,62)(H,51,56)/t20-,21-,22+,23-,24-,25-,26-,27-,30-,31-,32-/m0/s1. The molecule has 0 bridgehead atoms. The summed E-state index contributed by atoms with van der Waals surface area (Å²) in [5.41, 5.74) is 22.0. The molecular weight excluding hydrogens is 889 g/mol. The number of nitrogens with one attached hydrogen (secondary N) is 7. The number of hydrogen-bond donors (Lipinski definition) is 14. The summed E-state index contributed by atoms with van der Waals surface area (Å²) >= 11 is 8.28. The molecule has 23 nitrogen and oxygen atoms in total. The zero-order valence-electron chi connectivity index (χ0n) is 37.9. The van der Waals surface area contributed by atoms with Gasteiger partial charge in [-0.1, -0.05) is 40.5 Å². The van der Waals surface area contributed by atoms with Crippen LogP contribution in [0.25, 0.3) is 0 Å². The third kappa shape index (κ3) is 19.3. The normalized spacial score (nSPS) is 18.1. The maximum atomic E-state index is 14.0. The van der Waals surface area contributed by atoms with Crippen LogP contribution in [0.2, 0.25) is 0 Å². The molecule has 10 amide bonds. The topological polar surface area (TPSA) is 382 Å². The van der Waals surface area contributed by atoms with Crippen molar-refractivity contribution in [3.8, 4) is 0 Å². The third-order valence-electron chi connectivity index (χ3n) is 11.1. The van der Waals surface area contributed by atoms with Gasteiger partial charge in [0.05, 0.1) is 18.7 Å². The van der Waals surface area contributed by atoms with Crippen molar-refractivity contribution < 1.29 is 53.1 Å². The van der Waals surface area contributed by atoms with Crippen LogP contribution in [0.15, 0.2) is 0 Å². The van der Waals surface area contributed by atoms with Crippen LogP contribution in [0, 0.1) is 11.8 Å². The number of carbonyl (C=O) groups excluding carboxylic acids is 10. The molecule has 1 saturated heterocycles. The number of aliphatic hydroxyl groups excluding tert-OH is 1. The highest BCUT2D eigenvalue weighted by molar-refractivity contribution is 7.80. The number of hydrogen-bond acceptors (Lipinski definition) is 15. The van der Waals surface area contributed by atoms with Crippen molar-refractivity contribution in [2.45, 2.75) is 147 Å². The van der Waals surface area contributed by atoms with Gasteiger partial charge in [0.15, 0.2) is 0 Å². The third-order valence-corrected chi connectivity index (χ3v) is 11.9. The average molecular weight is 961 g/mol. The molecule has 0 aromatic heterocycles. The SMILES string of the molecule is CC[C@H](C)[C@H](NC(=O)[C@@H](NC(=O)[C@@H](N)CS)[C@@H](C)O)C(=O)N[C@@H](CCC(N)=O)C(=O)N[C@@H](CCCCN)C(=O)N[C@@H](CS)C(=O)N1CCC[C@H]1C(=O)N[C@H](C(=O)NCC(N)=O)[C@@H](C)CC. The van der Waals surface area contributed by atoms with Crippen molar-refractivity contribution in [2.24, 2.45) is 34.8 Å². The first-order chi connectivity index (χ1) is 30.6. The van der Waals surface area contributed by atoms with E-state index in [0.29, 0.717) is 32.1 Å². The first-order valence-electron chi connectivity index (χ1n) is 21.9. The van der Waals surface area contributed by atoms with E-state index in [-0.39, 0.29) is 56.2 Å². The number of amides is 10. The summed E-state index contributed by atoms with van der Waals surface area (Å²) in [5.74, 6) is -8.93. The first-order valence-corrected chi connectivity index (χ1v) is 23.2. The monoisotopic (exact) mass is 960 g/mol. The number of rotatable bonds is 30. The molecule has 65 heavy (non-hydrogen) atoms.